The van der Waals surface area contributed by atoms with Gasteiger partial charge in [-0.3, -0.25) is 9.59 Å². The molecule has 7 heteroatoms. The number of halogens is 1. The van der Waals surface area contributed by atoms with E-state index in [9.17, 15) is 19.1 Å². The number of carbonyl (C=O) groups is 1. The number of ether oxygens (including phenoxy) is 1. The molecule has 1 N–H and O–H groups in total. The molecule has 1 aliphatic rings. The second-order valence-corrected chi connectivity index (χ2v) is 7.59. The third-order valence-corrected chi connectivity index (χ3v) is 5.65. The van der Waals surface area contributed by atoms with Gasteiger partial charge in [0.05, 0.1) is 24.1 Å². The summed E-state index contributed by atoms with van der Waals surface area (Å²) in [5.41, 5.74) is 1.32. The van der Waals surface area contributed by atoms with E-state index in [0.29, 0.717) is 11.3 Å². The Kier molecular flexibility index (Phi) is 4.66. The summed E-state index contributed by atoms with van der Waals surface area (Å²) in [7, 11) is 1.57. The Morgan fingerprint density at radius 1 is 1.03 bits per heavy atom. The molecule has 0 bridgehead atoms. The maximum Gasteiger partial charge on any atom is 0.291 e. The Balaban J connectivity index is 1.68. The normalized spacial score (nSPS) is 15.2. The summed E-state index contributed by atoms with van der Waals surface area (Å²) in [6.45, 7) is 0.211. The van der Waals surface area contributed by atoms with Crippen molar-refractivity contribution in [3.8, 4) is 11.5 Å². The smallest absolute Gasteiger partial charge is 0.291 e. The van der Waals surface area contributed by atoms with E-state index in [2.05, 4.69) is 0 Å². The van der Waals surface area contributed by atoms with Crippen molar-refractivity contribution in [2.24, 2.45) is 0 Å². The highest BCUT2D eigenvalue weighted by Crippen LogP contribution is 2.39. The molecule has 1 amide bonds. The van der Waals surface area contributed by atoms with Crippen molar-refractivity contribution in [1.82, 2.24) is 4.90 Å². The van der Waals surface area contributed by atoms with Crippen molar-refractivity contribution in [3.05, 3.63) is 105 Å². The van der Waals surface area contributed by atoms with Crippen molar-refractivity contribution in [1.29, 1.82) is 0 Å². The molecule has 5 rings (SSSR count). The summed E-state index contributed by atoms with van der Waals surface area (Å²) in [6.07, 6.45) is 0. The van der Waals surface area contributed by atoms with Crippen LogP contribution in [0.2, 0.25) is 0 Å². The topological polar surface area (TPSA) is 80.0 Å². The van der Waals surface area contributed by atoms with Gasteiger partial charge in [-0.15, -0.1) is 0 Å². The van der Waals surface area contributed by atoms with E-state index in [1.807, 2.05) is 12.1 Å². The molecule has 0 aliphatic carbocycles. The Morgan fingerprint density at radius 3 is 2.44 bits per heavy atom. The lowest BCUT2D eigenvalue weighted by Gasteiger charge is -2.25. The number of rotatable bonds is 4. The lowest BCUT2D eigenvalue weighted by molar-refractivity contribution is 0.0714. The maximum atomic E-state index is 13.8. The third kappa shape index (κ3) is 3.19. The molecular formula is C25H18FNO5. The van der Waals surface area contributed by atoms with Gasteiger partial charge in [0, 0.05) is 6.54 Å². The highest BCUT2D eigenvalue weighted by Gasteiger charge is 2.42. The molecule has 1 aliphatic heterocycles. The zero-order valence-corrected chi connectivity index (χ0v) is 17.0. The number of hydrogen-bond acceptors (Lipinski definition) is 5. The molecule has 2 heterocycles. The molecule has 0 saturated carbocycles. The summed E-state index contributed by atoms with van der Waals surface area (Å²) in [4.78, 5) is 28.3. The molecule has 4 aromatic rings. The van der Waals surface area contributed by atoms with Gasteiger partial charge in [-0.1, -0.05) is 24.3 Å². The van der Waals surface area contributed by atoms with Crippen molar-refractivity contribution in [2.45, 2.75) is 12.6 Å². The van der Waals surface area contributed by atoms with Gasteiger partial charge < -0.3 is 19.2 Å². The van der Waals surface area contributed by atoms with Gasteiger partial charge in [-0.25, -0.2) is 4.39 Å². The minimum Gasteiger partial charge on any atom is -0.508 e. The zero-order chi connectivity index (χ0) is 22.4. The van der Waals surface area contributed by atoms with Gasteiger partial charge >= 0.3 is 0 Å². The molecule has 3 aromatic carbocycles. The molecule has 32 heavy (non-hydrogen) atoms. The number of nitrogens with zero attached hydrogens (tertiary/aromatic N) is 1. The monoisotopic (exact) mass is 431 g/mol. The van der Waals surface area contributed by atoms with E-state index in [1.165, 1.54) is 24.3 Å². The maximum absolute atomic E-state index is 13.8. The lowest BCUT2D eigenvalue weighted by Crippen LogP contribution is -2.29. The van der Waals surface area contributed by atoms with Gasteiger partial charge in [0.15, 0.2) is 5.43 Å². The Hall–Kier alpha value is -4.13. The largest absolute Gasteiger partial charge is 0.508 e. The quantitative estimate of drug-likeness (QED) is 0.518. The molecule has 0 spiro atoms. The molecule has 6 nitrogen and oxygen atoms in total. The average molecular weight is 431 g/mol. The highest BCUT2D eigenvalue weighted by atomic mass is 19.1. The predicted molar refractivity (Wildman–Crippen MR) is 115 cm³/mol. The number of methoxy groups -OCH3 is 1. The van der Waals surface area contributed by atoms with Gasteiger partial charge in [0.25, 0.3) is 5.91 Å². The van der Waals surface area contributed by atoms with Crippen LogP contribution in [0.25, 0.3) is 11.0 Å². The number of benzene rings is 3. The van der Waals surface area contributed by atoms with Crippen molar-refractivity contribution < 1.29 is 23.4 Å². The molecule has 0 saturated heterocycles. The number of fused-ring (bicyclic) bond motifs is 2. The SMILES string of the molecule is COc1ccc(CN2C(=O)c3oc4ccc(F)cc4c(=O)c3C2c2ccc(O)cc2)cc1. The first-order valence-electron chi connectivity index (χ1n) is 9.95. The van der Waals surface area contributed by atoms with Crippen molar-refractivity contribution in [2.75, 3.05) is 7.11 Å². The molecule has 0 fully saturated rings. The zero-order valence-electron chi connectivity index (χ0n) is 17.0. The number of phenolic OH excluding ortho intramolecular Hbond substituents is 1. The fraction of sp³-hybridized carbons (Fsp3) is 0.120. The van der Waals surface area contributed by atoms with E-state index < -0.39 is 23.2 Å². The predicted octanol–water partition coefficient (Wildman–Crippen LogP) is 4.39. The first-order chi connectivity index (χ1) is 15.5. The Labute approximate surface area is 182 Å². The minimum absolute atomic E-state index is 0.0549. The molecule has 1 atom stereocenters. The van der Waals surface area contributed by atoms with Crippen LogP contribution in [0, 0.1) is 5.82 Å². The van der Waals surface area contributed by atoms with Gasteiger partial charge in [-0.05, 0) is 53.6 Å². The Bertz CT molecular complexity index is 1390. The molecule has 1 aromatic heterocycles. The molecule has 0 radical (unpaired) electrons. The number of phenols is 1. The lowest BCUT2D eigenvalue weighted by atomic mass is 9.98. The first-order valence-corrected chi connectivity index (χ1v) is 9.95. The molecular weight excluding hydrogens is 413 g/mol. The van der Waals surface area contributed by atoms with Crippen molar-refractivity contribution in [3.63, 3.8) is 0 Å². The highest BCUT2D eigenvalue weighted by molar-refractivity contribution is 5.99. The molecule has 160 valence electrons. The third-order valence-electron chi connectivity index (χ3n) is 5.65. The fourth-order valence-electron chi connectivity index (χ4n) is 4.09. The summed E-state index contributed by atoms with van der Waals surface area (Å²) < 4.78 is 24.8. The first kappa shape index (κ1) is 19.8. The fourth-order valence-corrected chi connectivity index (χ4v) is 4.09. The summed E-state index contributed by atoms with van der Waals surface area (Å²) in [5, 5.41) is 9.78. The van der Waals surface area contributed by atoms with Crippen LogP contribution in [0.1, 0.15) is 33.3 Å². The van der Waals surface area contributed by atoms with Crippen LogP contribution in [-0.4, -0.2) is 23.0 Å². The summed E-state index contributed by atoms with van der Waals surface area (Å²) in [6, 6.07) is 16.4. The summed E-state index contributed by atoms with van der Waals surface area (Å²) in [5.74, 6) is -0.305. The van der Waals surface area contributed by atoms with Crippen LogP contribution < -0.4 is 10.2 Å². The van der Waals surface area contributed by atoms with E-state index in [0.717, 1.165) is 11.6 Å². The van der Waals surface area contributed by atoms with Crippen LogP contribution in [0.4, 0.5) is 4.39 Å². The van der Waals surface area contributed by atoms with Crippen LogP contribution in [0.15, 0.2) is 75.9 Å². The van der Waals surface area contributed by atoms with Crippen LogP contribution in [-0.2, 0) is 6.54 Å². The van der Waals surface area contributed by atoms with Crippen LogP contribution in [0.5, 0.6) is 11.5 Å². The van der Waals surface area contributed by atoms with Crippen LogP contribution >= 0.6 is 0 Å². The van der Waals surface area contributed by atoms with Crippen LogP contribution in [0.3, 0.4) is 0 Å². The Morgan fingerprint density at radius 2 is 1.75 bits per heavy atom. The van der Waals surface area contributed by atoms with E-state index in [1.54, 1.807) is 36.3 Å². The standard InChI is InChI=1S/C25H18FNO5/c1-31-18-9-2-14(3-10-18)13-27-22(15-4-7-17(28)8-5-15)21-23(29)19-12-16(26)6-11-20(19)32-24(21)25(27)30/h2-12,22,28H,13H2,1H3. The van der Waals surface area contributed by atoms with E-state index in [4.69, 9.17) is 9.15 Å². The number of carbonyl (C=O) groups excluding carboxylic acids is 1. The summed E-state index contributed by atoms with van der Waals surface area (Å²) >= 11 is 0. The second kappa shape index (κ2) is 7.53. The van der Waals surface area contributed by atoms with Gasteiger partial charge in [0.1, 0.15) is 22.9 Å². The van der Waals surface area contributed by atoms with E-state index >= 15 is 0 Å². The van der Waals surface area contributed by atoms with Gasteiger partial charge in [0.2, 0.25) is 5.76 Å². The van der Waals surface area contributed by atoms with E-state index in [-0.39, 0.29) is 34.6 Å². The van der Waals surface area contributed by atoms with Crippen molar-refractivity contribution >= 4 is 16.9 Å². The number of hydrogen-bond donors (Lipinski definition) is 1. The molecule has 1 unspecified atom stereocenters. The number of amides is 1. The average Bonchev–Trinajstić information content (AvgIpc) is 3.07. The minimum atomic E-state index is -0.746. The van der Waals surface area contributed by atoms with Gasteiger partial charge in [-0.2, -0.15) is 0 Å². The second-order valence-electron chi connectivity index (χ2n) is 7.59. The number of aromatic hydroxyl groups is 1.